The Balaban J connectivity index is 1.49. The van der Waals surface area contributed by atoms with E-state index in [9.17, 15) is 0 Å². The first-order valence-corrected chi connectivity index (χ1v) is 8.50. The molecule has 0 radical (unpaired) electrons. The fraction of sp³-hybridized carbons (Fsp3) is 0.667. The molecule has 2 N–H and O–H groups in total. The molecule has 3 nitrogen and oxygen atoms in total. The molecule has 0 spiro atoms. The molecule has 2 aliphatic rings. The molecule has 1 aromatic rings. The Bertz CT molecular complexity index is 454. The van der Waals surface area contributed by atoms with E-state index in [-0.39, 0.29) is 0 Å². The lowest BCUT2D eigenvalue weighted by Gasteiger charge is -2.25. The molecule has 0 aromatic heterocycles. The summed E-state index contributed by atoms with van der Waals surface area (Å²) in [7, 11) is 2.23. The van der Waals surface area contributed by atoms with Crippen molar-refractivity contribution in [2.45, 2.75) is 38.1 Å². The topological polar surface area (TPSA) is 27.3 Å². The van der Waals surface area contributed by atoms with Crippen LogP contribution < -0.4 is 15.5 Å². The monoisotopic (exact) mass is 287 g/mol. The van der Waals surface area contributed by atoms with Gasteiger partial charge < -0.3 is 15.5 Å². The smallest absolute Gasteiger partial charge is 0.0402 e. The second-order valence-corrected chi connectivity index (χ2v) is 6.70. The van der Waals surface area contributed by atoms with Gasteiger partial charge in [-0.25, -0.2) is 0 Å². The van der Waals surface area contributed by atoms with Gasteiger partial charge in [-0.1, -0.05) is 18.2 Å². The van der Waals surface area contributed by atoms with E-state index < -0.39 is 0 Å². The quantitative estimate of drug-likeness (QED) is 0.815. The van der Waals surface area contributed by atoms with Crippen molar-refractivity contribution in [3.8, 4) is 0 Å². The number of rotatable bonds is 5. The normalized spacial score (nSPS) is 26.1. The zero-order valence-corrected chi connectivity index (χ0v) is 13.4. The third-order valence-corrected chi connectivity index (χ3v) is 5.43. The van der Waals surface area contributed by atoms with Gasteiger partial charge >= 0.3 is 0 Å². The SMILES string of the molecule is CC1C(CCNCC2CCNCC2)c2ccccc2N1C. The molecular weight excluding hydrogens is 258 g/mol. The summed E-state index contributed by atoms with van der Waals surface area (Å²) in [6.07, 6.45) is 3.91. The van der Waals surface area contributed by atoms with E-state index >= 15 is 0 Å². The summed E-state index contributed by atoms with van der Waals surface area (Å²) in [5.41, 5.74) is 2.96. The first-order chi connectivity index (χ1) is 10.3. The van der Waals surface area contributed by atoms with E-state index in [0.717, 1.165) is 12.5 Å². The highest BCUT2D eigenvalue weighted by Crippen LogP contribution is 2.41. The zero-order valence-electron chi connectivity index (χ0n) is 13.4. The van der Waals surface area contributed by atoms with Crippen LogP contribution in [0.2, 0.25) is 0 Å². The van der Waals surface area contributed by atoms with Crippen molar-refractivity contribution in [2.75, 3.05) is 38.1 Å². The fourth-order valence-corrected chi connectivity index (χ4v) is 3.92. The minimum absolute atomic E-state index is 0.614. The highest BCUT2D eigenvalue weighted by atomic mass is 15.2. The van der Waals surface area contributed by atoms with E-state index in [1.165, 1.54) is 50.1 Å². The lowest BCUT2D eigenvalue weighted by atomic mass is 9.92. The largest absolute Gasteiger partial charge is 0.371 e. The fourth-order valence-electron chi connectivity index (χ4n) is 3.92. The summed E-state index contributed by atoms with van der Waals surface area (Å²) < 4.78 is 0. The molecule has 2 heterocycles. The van der Waals surface area contributed by atoms with Crippen LogP contribution in [0.4, 0.5) is 5.69 Å². The Morgan fingerprint density at radius 2 is 2.00 bits per heavy atom. The van der Waals surface area contributed by atoms with Crippen LogP contribution in [0.15, 0.2) is 24.3 Å². The Labute approximate surface area is 129 Å². The van der Waals surface area contributed by atoms with Crippen LogP contribution in [0, 0.1) is 5.92 Å². The van der Waals surface area contributed by atoms with Crippen molar-refractivity contribution in [2.24, 2.45) is 5.92 Å². The van der Waals surface area contributed by atoms with Crippen molar-refractivity contribution in [1.29, 1.82) is 0 Å². The Morgan fingerprint density at radius 1 is 1.24 bits per heavy atom. The first-order valence-electron chi connectivity index (χ1n) is 8.50. The summed E-state index contributed by atoms with van der Waals surface area (Å²) in [5.74, 6) is 1.55. The van der Waals surface area contributed by atoms with Gasteiger partial charge in [0, 0.05) is 24.7 Å². The average molecular weight is 287 g/mol. The number of anilines is 1. The number of likely N-dealkylation sites (N-methyl/N-ethyl adjacent to an activating group) is 1. The van der Waals surface area contributed by atoms with Gasteiger partial charge in [0.2, 0.25) is 0 Å². The van der Waals surface area contributed by atoms with E-state index in [4.69, 9.17) is 0 Å². The minimum atomic E-state index is 0.614. The Kier molecular flexibility index (Phi) is 4.81. The Morgan fingerprint density at radius 3 is 2.81 bits per heavy atom. The van der Waals surface area contributed by atoms with Crippen LogP contribution >= 0.6 is 0 Å². The molecular formula is C18H29N3. The maximum absolute atomic E-state index is 3.70. The van der Waals surface area contributed by atoms with Crippen LogP contribution in [-0.4, -0.2) is 39.3 Å². The van der Waals surface area contributed by atoms with Gasteiger partial charge in [0.05, 0.1) is 0 Å². The molecule has 0 saturated carbocycles. The van der Waals surface area contributed by atoms with E-state index in [1.807, 2.05) is 0 Å². The van der Waals surface area contributed by atoms with Gasteiger partial charge in [-0.05, 0) is 69.9 Å². The third-order valence-electron chi connectivity index (χ3n) is 5.43. The number of nitrogens with one attached hydrogen (secondary N) is 2. The molecule has 3 heteroatoms. The molecule has 1 aromatic carbocycles. The van der Waals surface area contributed by atoms with E-state index in [1.54, 1.807) is 0 Å². The molecule has 0 aliphatic carbocycles. The number of fused-ring (bicyclic) bond motifs is 1. The molecule has 2 unspecified atom stereocenters. The van der Waals surface area contributed by atoms with Crippen molar-refractivity contribution in [3.63, 3.8) is 0 Å². The summed E-state index contributed by atoms with van der Waals surface area (Å²) in [6.45, 7) is 7.09. The average Bonchev–Trinajstić information content (AvgIpc) is 2.77. The summed E-state index contributed by atoms with van der Waals surface area (Å²) in [4.78, 5) is 2.44. The van der Waals surface area contributed by atoms with Gasteiger partial charge in [-0.3, -0.25) is 0 Å². The summed E-state index contributed by atoms with van der Waals surface area (Å²) >= 11 is 0. The molecule has 3 rings (SSSR count). The standard InChI is InChI=1S/C18H29N3/c1-14-16(17-5-3-4-6-18(17)21(14)2)9-12-20-13-15-7-10-19-11-8-15/h3-6,14-16,19-20H,7-13H2,1-2H3. The summed E-state index contributed by atoms with van der Waals surface area (Å²) in [5, 5.41) is 7.14. The highest BCUT2D eigenvalue weighted by Gasteiger charge is 2.32. The number of piperidine rings is 1. The number of hydrogen-bond acceptors (Lipinski definition) is 3. The van der Waals surface area contributed by atoms with Crippen LogP contribution in [-0.2, 0) is 0 Å². The second kappa shape index (κ2) is 6.80. The van der Waals surface area contributed by atoms with Gasteiger partial charge in [0.1, 0.15) is 0 Å². The van der Waals surface area contributed by atoms with Crippen molar-refractivity contribution in [3.05, 3.63) is 29.8 Å². The number of benzene rings is 1. The van der Waals surface area contributed by atoms with Crippen molar-refractivity contribution < 1.29 is 0 Å². The Hall–Kier alpha value is -1.06. The van der Waals surface area contributed by atoms with Crippen molar-refractivity contribution >= 4 is 5.69 Å². The molecule has 21 heavy (non-hydrogen) atoms. The van der Waals surface area contributed by atoms with Crippen LogP contribution in [0.25, 0.3) is 0 Å². The number of hydrogen-bond donors (Lipinski definition) is 2. The van der Waals surface area contributed by atoms with Crippen LogP contribution in [0.3, 0.4) is 0 Å². The highest BCUT2D eigenvalue weighted by molar-refractivity contribution is 5.60. The van der Waals surface area contributed by atoms with Crippen LogP contribution in [0.1, 0.15) is 37.7 Å². The van der Waals surface area contributed by atoms with E-state index in [0.29, 0.717) is 12.0 Å². The predicted octanol–water partition coefficient (Wildman–Crippen LogP) is 2.59. The third kappa shape index (κ3) is 3.24. The van der Waals surface area contributed by atoms with Gasteiger partial charge in [-0.15, -0.1) is 0 Å². The molecule has 0 bridgehead atoms. The van der Waals surface area contributed by atoms with Gasteiger partial charge in [-0.2, -0.15) is 0 Å². The predicted molar refractivity (Wildman–Crippen MR) is 90.1 cm³/mol. The zero-order chi connectivity index (χ0) is 14.7. The molecule has 1 fully saturated rings. The lowest BCUT2D eigenvalue weighted by Crippen LogP contribution is -2.34. The minimum Gasteiger partial charge on any atom is -0.371 e. The molecule has 2 atom stereocenters. The maximum atomic E-state index is 3.70. The van der Waals surface area contributed by atoms with Crippen molar-refractivity contribution in [1.82, 2.24) is 10.6 Å². The van der Waals surface area contributed by atoms with Gasteiger partial charge in [0.15, 0.2) is 0 Å². The number of nitrogens with zero attached hydrogens (tertiary/aromatic N) is 1. The number of para-hydroxylation sites is 1. The van der Waals surface area contributed by atoms with Crippen LogP contribution in [0.5, 0.6) is 0 Å². The van der Waals surface area contributed by atoms with E-state index in [2.05, 4.69) is 53.8 Å². The molecule has 2 aliphatic heterocycles. The molecule has 0 amide bonds. The molecule has 1 saturated heterocycles. The first kappa shape index (κ1) is 14.9. The maximum Gasteiger partial charge on any atom is 0.0402 e. The lowest BCUT2D eigenvalue weighted by molar-refractivity contribution is 0.353. The summed E-state index contributed by atoms with van der Waals surface area (Å²) in [6, 6.07) is 9.52. The second-order valence-electron chi connectivity index (χ2n) is 6.70. The molecule has 116 valence electrons. The van der Waals surface area contributed by atoms with Gasteiger partial charge in [0.25, 0.3) is 0 Å².